The number of fused-ring (bicyclic) bond motifs is 1. The molecular weight excluding hydrogens is 476 g/mol. The van der Waals surface area contributed by atoms with Crippen LogP contribution >= 0.6 is 0 Å². The Balaban J connectivity index is 1.28. The van der Waals surface area contributed by atoms with Crippen molar-refractivity contribution in [2.24, 2.45) is 0 Å². The van der Waals surface area contributed by atoms with Crippen LogP contribution in [0.4, 0.5) is 5.69 Å². The summed E-state index contributed by atoms with van der Waals surface area (Å²) in [7, 11) is 2.14. The van der Waals surface area contributed by atoms with Gasteiger partial charge in [-0.15, -0.1) is 0 Å². The van der Waals surface area contributed by atoms with Crippen LogP contribution in [0.5, 0.6) is 0 Å². The number of amides is 1. The number of hydrogen-bond donors (Lipinski definition) is 2. The Labute approximate surface area is 221 Å². The number of benzene rings is 2. The highest BCUT2D eigenvalue weighted by Crippen LogP contribution is 2.33. The Bertz CT molecular complexity index is 1530. The Morgan fingerprint density at radius 1 is 1.03 bits per heavy atom. The molecule has 38 heavy (non-hydrogen) atoms. The lowest BCUT2D eigenvalue weighted by Gasteiger charge is -2.35. The van der Waals surface area contributed by atoms with Crippen molar-refractivity contribution in [2.45, 2.75) is 12.5 Å². The third kappa shape index (κ3) is 4.51. The van der Waals surface area contributed by atoms with Gasteiger partial charge in [-0.2, -0.15) is 5.26 Å². The molecule has 2 fully saturated rings. The van der Waals surface area contributed by atoms with Crippen LogP contribution in [0, 0.1) is 11.3 Å². The molecule has 0 bridgehead atoms. The third-order valence-electron chi connectivity index (χ3n) is 7.63. The number of aromatic nitrogens is 2. The van der Waals surface area contributed by atoms with Crippen LogP contribution in [0.15, 0.2) is 60.9 Å². The summed E-state index contributed by atoms with van der Waals surface area (Å²) in [4.78, 5) is 26.8. The van der Waals surface area contributed by atoms with Gasteiger partial charge in [0.15, 0.2) is 0 Å². The van der Waals surface area contributed by atoms with Crippen LogP contribution in [0.2, 0.25) is 0 Å². The Hall–Kier alpha value is -4.19. The number of aliphatic hydroxyl groups excluding tert-OH is 1. The van der Waals surface area contributed by atoms with Crippen molar-refractivity contribution in [3.05, 3.63) is 72.1 Å². The minimum absolute atomic E-state index is 0.0614. The number of nitrogens with zero attached hydrogens (tertiary/aromatic N) is 5. The molecule has 4 aromatic rings. The maximum Gasteiger partial charge on any atom is 0.254 e. The molecule has 1 amide bonds. The van der Waals surface area contributed by atoms with E-state index < -0.39 is 6.10 Å². The molecule has 0 aliphatic carbocycles. The number of aromatic amines is 1. The van der Waals surface area contributed by atoms with E-state index in [-0.39, 0.29) is 5.91 Å². The van der Waals surface area contributed by atoms with Gasteiger partial charge in [0.1, 0.15) is 11.7 Å². The Morgan fingerprint density at radius 3 is 2.58 bits per heavy atom. The lowest BCUT2D eigenvalue weighted by molar-refractivity contribution is 0.00590. The highest BCUT2D eigenvalue weighted by molar-refractivity contribution is 5.98. The molecule has 0 radical (unpaired) electrons. The normalized spacial score (nSPS) is 16.8. The standard InChI is InChI=1S/C30H30N6O2/c1-34-9-2-10-35(12-11-34)28-8-7-22(13-23(28)15-31)24-14-26-27(17-33-29(26)32-16-24)20-3-5-21(6-4-20)30(38)36-18-25(37)19-36/h3-8,13-14,16-17,25,37H,2,9-12,18-19H2,1H3,(H,32,33). The average molecular weight is 507 g/mol. The Kier molecular flexibility index (Phi) is 6.32. The lowest BCUT2D eigenvalue weighted by Crippen LogP contribution is -2.53. The fourth-order valence-corrected chi connectivity index (χ4v) is 5.36. The first-order chi connectivity index (χ1) is 18.5. The second kappa shape index (κ2) is 9.93. The van der Waals surface area contributed by atoms with Gasteiger partial charge in [0.05, 0.1) is 17.4 Å². The van der Waals surface area contributed by atoms with E-state index in [4.69, 9.17) is 0 Å². The number of hydrogen-bond acceptors (Lipinski definition) is 6. The smallest absolute Gasteiger partial charge is 0.254 e. The van der Waals surface area contributed by atoms with Crippen LogP contribution in [0.25, 0.3) is 33.3 Å². The minimum Gasteiger partial charge on any atom is -0.389 e. The Morgan fingerprint density at radius 2 is 1.82 bits per heavy atom. The van der Waals surface area contributed by atoms with Crippen molar-refractivity contribution >= 4 is 22.6 Å². The molecule has 0 atom stereocenters. The van der Waals surface area contributed by atoms with Gasteiger partial charge in [0.25, 0.3) is 5.91 Å². The van der Waals surface area contributed by atoms with Crippen LogP contribution in [0.3, 0.4) is 0 Å². The molecule has 2 saturated heterocycles. The molecule has 2 aliphatic heterocycles. The van der Waals surface area contributed by atoms with Gasteiger partial charge in [0, 0.05) is 67.2 Å². The number of β-amino-alcohol motifs (C(OH)–C–C–N with tert-alkyl or cyclic N) is 1. The maximum absolute atomic E-state index is 12.6. The number of likely N-dealkylation sites (N-methyl/N-ethyl adjacent to an activating group) is 1. The topological polar surface area (TPSA) is 99.5 Å². The van der Waals surface area contributed by atoms with E-state index in [0.717, 1.165) is 71.6 Å². The van der Waals surface area contributed by atoms with Gasteiger partial charge in [0.2, 0.25) is 0 Å². The monoisotopic (exact) mass is 506 g/mol. The molecule has 2 aromatic carbocycles. The quantitative estimate of drug-likeness (QED) is 0.438. The number of pyridine rings is 1. The van der Waals surface area contributed by atoms with E-state index in [2.05, 4.69) is 51.1 Å². The summed E-state index contributed by atoms with van der Waals surface area (Å²) in [5.74, 6) is -0.0614. The molecule has 8 heteroatoms. The highest BCUT2D eigenvalue weighted by Gasteiger charge is 2.29. The second-order valence-corrected chi connectivity index (χ2v) is 10.3. The van der Waals surface area contributed by atoms with Crippen LogP contribution in [-0.4, -0.2) is 83.2 Å². The van der Waals surface area contributed by atoms with Crippen LogP contribution in [-0.2, 0) is 0 Å². The van der Waals surface area contributed by atoms with Crippen molar-refractivity contribution in [2.75, 3.05) is 51.2 Å². The first-order valence-corrected chi connectivity index (χ1v) is 13.0. The van der Waals surface area contributed by atoms with Crippen molar-refractivity contribution in [3.8, 4) is 28.3 Å². The number of H-pyrrole nitrogens is 1. The van der Waals surface area contributed by atoms with Gasteiger partial charge >= 0.3 is 0 Å². The largest absolute Gasteiger partial charge is 0.389 e. The minimum atomic E-state index is -0.414. The summed E-state index contributed by atoms with van der Waals surface area (Å²) in [6.07, 6.45) is 4.44. The van der Waals surface area contributed by atoms with E-state index in [0.29, 0.717) is 24.2 Å². The molecule has 0 spiro atoms. The number of carbonyl (C=O) groups is 1. The maximum atomic E-state index is 12.6. The van der Waals surface area contributed by atoms with Gasteiger partial charge in [-0.05, 0) is 61.5 Å². The number of nitriles is 1. The van der Waals surface area contributed by atoms with E-state index in [1.807, 2.05) is 42.7 Å². The van der Waals surface area contributed by atoms with E-state index >= 15 is 0 Å². The van der Waals surface area contributed by atoms with Gasteiger partial charge in [-0.3, -0.25) is 4.79 Å². The molecular formula is C30H30N6O2. The van der Waals surface area contributed by atoms with Crippen molar-refractivity contribution in [1.29, 1.82) is 5.26 Å². The van der Waals surface area contributed by atoms with E-state index in [9.17, 15) is 15.2 Å². The van der Waals surface area contributed by atoms with Gasteiger partial charge in [-0.25, -0.2) is 4.98 Å². The van der Waals surface area contributed by atoms with Crippen molar-refractivity contribution in [1.82, 2.24) is 19.8 Å². The molecule has 0 saturated carbocycles. The number of nitrogens with one attached hydrogen (secondary N) is 1. The van der Waals surface area contributed by atoms with Crippen molar-refractivity contribution in [3.63, 3.8) is 0 Å². The zero-order chi connectivity index (χ0) is 26.2. The van der Waals surface area contributed by atoms with Crippen LogP contribution in [0.1, 0.15) is 22.3 Å². The molecule has 8 nitrogen and oxygen atoms in total. The zero-order valence-electron chi connectivity index (χ0n) is 21.4. The first kappa shape index (κ1) is 24.2. The number of carbonyl (C=O) groups excluding carboxylic acids is 1. The van der Waals surface area contributed by atoms with Crippen molar-refractivity contribution < 1.29 is 9.90 Å². The summed E-state index contributed by atoms with van der Waals surface area (Å²) in [6.45, 7) is 4.70. The second-order valence-electron chi connectivity index (χ2n) is 10.3. The third-order valence-corrected chi connectivity index (χ3v) is 7.63. The van der Waals surface area contributed by atoms with Crippen LogP contribution < -0.4 is 4.90 Å². The number of aliphatic hydroxyl groups is 1. The zero-order valence-corrected chi connectivity index (χ0v) is 21.4. The number of likely N-dealkylation sites (tertiary alicyclic amines) is 1. The average Bonchev–Trinajstić information content (AvgIpc) is 3.23. The summed E-state index contributed by atoms with van der Waals surface area (Å²) >= 11 is 0. The molecule has 4 heterocycles. The van der Waals surface area contributed by atoms with Gasteiger partial charge in [-0.1, -0.05) is 18.2 Å². The summed E-state index contributed by atoms with van der Waals surface area (Å²) in [6, 6.07) is 18.2. The number of anilines is 1. The summed E-state index contributed by atoms with van der Waals surface area (Å²) < 4.78 is 0. The molecule has 6 rings (SSSR count). The van der Waals surface area contributed by atoms with E-state index in [1.54, 1.807) is 4.90 Å². The SMILES string of the molecule is CN1CCCN(c2ccc(-c3cnc4[nH]cc(-c5ccc(C(=O)N6CC(O)C6)cc5)c4c3)cc2C#N)CC1. The molecule has 0 unspecified atom stereocenters. The molecule has 2 aliphatic rings. The fraction of sp³-hybridized carbons (Fsp3) is 0.300. The first-order valence-electron chi connectivity index (χ1n) is 13.0. The van der Waals surface area contributed by atoms with Gasteiger partial charge < -0.3 is 24.8 Å². The molecule has 2 N–H and O–H groups in total. The van der Waals surface area contributed by atoms with E-state index in [1.165, 1.54) is 0 Å². The number of rotatable bonds is 4. The predicted molar refractivity (Wildman–Crippen MR) is 148 cm³/mol. The fourth-order valence-electron chi connectivity index (χ4n) is 5.36. The predicted octanol–water partition coefficient (Wildman–Crippen LogP) is 3.73. The lowest BCUT2D eigenvalue weighted by atomic mass is 9.99. The summed E-state index contributed by atoms with van der Waals surface area (Å²) in [5, 5.41) is 20.4. The molecule has 2 aromatic heterocycles. The summed E-state index contributed by atoms with van der Waals surface area (Å²) in [5.41, 5.74) is 6.94. The molecule has 192 valence electrons. The highest BCUT2D eigenvalue weighted by atomic mass is 16.3.